The molecule has 0 fully saturated rings. The van der Waals surface area contributed by atoms with Crippen molar-refractivity contribution in [2.45, 2.75) is 26.7 Å². The van der Waals surface area contributed by atoms with E-state index < -0.39 is 0 Å². The van der Waals surface area contributed by atoms with Crippen LogP contribution in [0.25, 0.3) is 0 Å². The molecule has 1 unspecified atom stereocenters. The summed E-state index contributed by atoms with van der Waals surface area (Å²) in [7, 11) is 0. The summed E-state index contributed by atoms with van der Waals surface area (Å²) in [6, 6.07) is 3.76. The Morgan fingerprint density at radius 2 is 2.00 bits per heavy atom. The zero-order valence-electron chi connectivity index (χ0n) is 7.79. The number of rotatable bonds is 2. The van der Waals surface area contributed by atoms with Crippen molar-refractivity contribution in [3.8, 4) is 0 Å². The number of hydrogen-bond donors (Lipinski definition) is 1. The Labute approximate surface area is 72.6 Å². The van der Waals surface area contributed by atoms with Gasteiger partial charge in [0.05, 0.1) is 0 Å². The molecule has 2 nitrogen and oxygen atoms in total. The number of nitrogens with one attached hydrogen (secondary N) is 1. The molecule has 0 aromatic carbocycles. The van der Waals surface area contributed by atoms with Crippen molar-refractivity contribution in [3.63, 3.8) is 0 Å². The third kappa shape index (κ3) is 1.76. The second-order valence-corrected chi connectivity index (χ2v) is 3.49. The van der Waals surface area contributed by atoms with Crippen LogP contribution in [0.15, 0.2) is 23.1 Å². The molecule has 0 aliphatic heterocycles. The normalized spacial score (nSPS) is 13.3. The van der Waals surface area contributed by atoms with E-state index in [1.54, 1.807) is 6.20 Å². The van der Waals surface area contributed by atoms with Gasteiger partial charge in [-0.25, -0.2) is 0 Å². The SMILES string of the molecule is CC(C)C(C)c1ccc[nH]c1=O. The molecule has 66 valence electrons. The second kappa shape index (κ2) is 3.57. The minimum Gasteiger partial charge on any atom is -0.329 e. The summed E-state index contributed by atoms with van der Waals surface area (Å²) in [6.45, 7) is 6.32. The van der Waals surface area contributed by atoms with Crippen LogP contribution in [-0.4, -0.2) is 4.98 Å². The second-order valence-electron chi connectivity index (χ2n) is 3.49. The molecule has 2 heteroatoms. The van der Waals surface area contributed by atoms with Crippen LogP contribution < -0.4 is 5.56 Å². The van der Waals surface area contributed by atoms with E-state index >= 15 is 0 Å². The summed E-state index contributed by atoms with van der Waals surface area (Å²) in [5.41, 5.74) is 0.922. The number of aromatic nitrogens is 1. The number of pyridine rings is 1. The molecule has 0 radical (unpaired) electrons. The molecule has 0 saturated carbocycles. The first-order valence-electron chi connectivity index (χ1n) is 4.30. The third-order valence-electron chi connectivity index (χ3n) is 2.34. The van der Waals surface area contributed by atoms with Crippen molar-refractivity contribution in [1.29, 1.82) is 0 Å². The van der Waals surface area contributed by atoms with Crippen molar-refractivity contribution in [2.75, 3.05) is 0 Å². The van der Waals surface area contributed by atoms with E-state index in [2.05, 4.69) is 25.8 Å². The Bertz CT molecular complexity index is 301. The maximum Gasteiger partial charge on any atom is 0.251 e. The van der Waals surface area contributed by atoms with Crippen LogP contribution in [0.4, 0.5) is 0 Å². The third-order valence-corrected chi connectivity index (χ3v) is 2.34. The molecule has 1 heterocycles. The maximum absolute atomic E-state index is 11.3. The van der Waals surface area contributed by atoms with Gasteiger partial charge in [-0.2, -0.15) is 0 Å². The molecule has 0 aliphatic carbocycles. The van der Waals surface area contributed by atoms with Crippen molar-refractivity contribution in [1.82, 2.24) is 4.98 Å². The van der Waals surface area contributed by atoms with Crippen molar-refractivity contribution < 1.29 is 0 Å². The maximum atomic E-state index is 11.3. The lowest BCUT2D eigenvalue weighted by Gasteiger charge is -2.13. The van der Waals surface area contributed by atoms with Gasteiger partial charge in [-0.1, -0.05) is 26.8 Å². The highest BCUT2D eigenvalue weighted by Gasteiger charge is 2.12. The zero-order chi connectivity index (χ0) is 9.14. The van der Waals surface area contributed by atoms with Crippen LogP contribution in [0.3, 0.4) is 0 Å². The summed E-state index contributed by atoms with van der Waals surface area (Å²) < 4.78 is 0. The molecule has 0 saturated heterocycles. The van der Waals surface area contributed by atoms with Gasteiger partial charge in [-0.05, 0) is 17.9 Å². The van der Waals surface area contributed by atoms with E-state index in [0.717, 1.165) is 5.56 Å². The van der Waals surface area contributed by atoms with E-state index in [1.165, 1.54) is 0 Å². The Morgan fingerprint density at radius 1 is 1.33 bits per heavy atom. The van der Waals surface area contributed by atoms with Gasteiger partial charge in [-0.3, -0.25) is 4.79 Å². The lowest BCUT2D eigenvalue weighted by Crippen LogP contribution is -2.16. The van der Waals surface area contributed by atoms with E-state index in [9.17, 15) is 4.79 Å². The van der Waals surface area contributed by atoms with E-state index in [1.807, 2.05) is 12.1 Å². The molecule has 1 aromatic heterocycles. The molecule has 1 aromatic rings. The number of hydrogen-bond acceptors (Lipinski definition) is 1. The Balaban J connectivity index is 3.03. The lowest BCUT2D eigenvalue weighted by atomic mass is 9.91. The molecule has 0 bridgehead atoms. The average Bonchev–Trinajstić information content (AvgIpc) is 2.04. The number of H-pyrrole nitrogens is 1. The fraction of sp³-hybridized carbons (Fsp3) is 0.500. The highest BCUT2D eigenvalue weighted by Crippen LogP contribution is 2.19. The Morgan fingerprint density at radius 3 is 2.50 bits per heavy atom. The van der Waals surface area contributed by atoms with Crippen LogP contribution >= 0.6 is 0 Å². The molecule has 0 spiro atoms. The van der Waals surface area contributed by atoms with Crippen LogP contribution in [0, 0.1) is 5.92 Å². The summed E-state index contributed by atoms with van der Waals surface area (Å²) in [5, 5.41) is 0. The molecule has 0 aliphatic rings. The molecule has 12 heavy (non-hydrogen) atoms. The molecule has 0 amide bonds. The summed E-state index contributed by atoms with van der Waals surface area (Å²) in [4.78, 5) is 14.0. The largest absolute Gasteiger partial charge is 0.329 e. The van der Waals surface area contributed by atoms with Gasteiger partial charge in [0.15, 0.2) is 0 Å². The molecule has 1 rings (SSSR count). The van der Waals surface area contributed by atoms with Gasteiger partial charge in [-0.15, -0.1) is 0 Å². The molecule has 1 N–H and O–H groups in total. The van der Waals surface area contributed by atoms with Crippen LogP contribution in [0.5, 0.6) is 0 Å². The first-order chi connectivity index (χ1) is 5.63. The van der Waals surface area contributed by atoms with Crippen molar-refractivity contribution in [3.05, 3.63) is 34.2 Å². The standard InChI is InChI=1S/C10H15NO/c1-7(2)8(3)9-5-4-6-11-10(9)12/h4-8H,1-3H3,(H,11,12). The Hall–Kier alpha value is -1.05. The summed E-state index contributed by atoms with van der Waals surface area (Å²) >= 11 is 0. The highest BCUT2D eigenvalue weighted by molar-refractivity contribution is 5.14. The fourth-order valence-electron chi connectivity index (χ4n) is 1.15. The predicted molar refractivity (Wildman–Crippen MR) is 50.3 cm³/mol. The lowest BCUT2D eigenvalue weighted by molar-refractivity contribution is 0.530. The fourth-order valence-corrected chi connectivity index (χ4v) is 1.15. The van der Waals surface area contributed by atoms with E-state index in [-0.39, 0.29) is 5.56 Å². The molecular formula is C10H15NO. The first-order valence-corrected chi connectivity index (χ1v) is 4.30. The Kier molecular flexibility index (Phi) is 2.69. The van der Waals surface area contributed by atoms with Crippen LogP contribution in [0.2, 0.25) is 0 Å². The van der Waals surface area contributed by atoms with Crippen LogP contribution in [-0.2, 0) is 0 Å². The monoisotopic (exact) mass is 165 g/mol. The minimum atomic E-state index is 0.0405. The van der Waals surface area contributed by atoms with Gasteiger partial charge in [0, 0.05) is 11.8 Å². The van der Waals surface area contributed by atoms with E-state index in [4.69, 9.17) is 0 Å². The first kappa shape index (κ1) is 9.04. The van der Waals surface area contributed by atoms with Gasteiger partial charge in [0.2, 0.25) is 0 Å². The summed E-state index contributed by atoms with van der Waals surface area (Å²) in [6.07, 6.45) is 1.67. The van der Waals surface area contributed by atoms with Gasteiger partial charge in [0.1, 0.15) is 0 Å². The molecular weight excluding hydrogens is 150 g/mol. The summed E-state index contributed by atoms with van der Waals surface area (Å²) in [5.74, 6) is 0.837. The van der Waals surface area contributed by atoms with Gasteiger partial charge in [0.25, 0.3) is 5.56 Å². The van der Waals surface area contributed by atoms with Gasteiger partial charge < -0.3 is 4.98 Å². The topological polar surface area (TPSA) is 32.9 Å². The van der Waals surface area contributed by atoms with Gasteiger partial charge >= 0.3 is 0 Å². The smallest absolute Gasteiger partial charge is 0.251 e. The quantitative estimate of drug-likeness (QED) is 0.715. The van der Waals surface area contributed by atoms with E-state index in [0.29, 0.717) is 11.8 Å². The zero-order valence-corrected chi connectivity index (χ0v) is 7.79. The highest BCUT2D eigenvalue weighted by atomic mass is 16.1. The van der Waals surface area contributed by atoms with Crippen molar-refractivity contribution >= 4 is 0 Å². The number of aromatic amines is 1. The van der Waals surface area contributed by atoms with Crippen LogP contribution in [0.1, 0.15) is 32.3 Å². The van der Waals surface area contributed by atoms with Crippen molar-refractivity contribution in [2.24, 2.45) is 5.92 Å². The average molecular weight is 165 g/mol. The minimum absolute atomic E-state index is 0.0405. The molecule has 1 atom stereocenters. The predicted octanol–water partition coefficient (Wildman–Crippen LogP) is 2.13.